The standard InChI is InChI=1S/C9H8BrFO/c10-5-7-8(11)2-1-6-3-4-12-9(6)7/h1-2H,3-5H2. The fraction of sp³-hybridized carbons (Fsp3) is 0.333. The molecule has 1 nitrogen and oxygen atoms in total. The molecule has 0 radical (unpaired) electrons. The van der Waals surface area contributed by atoms with Crippen LogP contribution in [0.15, 0.2) is 12.1 Å². The molecular weight excluding hydrogens is 223 g/mol. The first kappa shape index (κ1) is 8.05. The zero-order valence-electron chi connectivity index (χ0n) is 6.44. The lowest BCUT2D eigenvalue weighted by Gasteiger charge is -2.05. The predicted octanol–water partition coefficient (Wildman–Crippen LogP) is 2.66. The van der Waals surface area contributed by atoms with Crippen LogP contribution >= 0.6 is 15.9 Å². The fourth-order valence-electron chi connectivity index (χ4n) is 1.42. The molecular formula is C9H8BrFO. The van der Waals surface area contributed by atoms with Crippen molar-refractivity contribution in [3.8, 4) is 5.75 Å². The lowest BCUT2D eigenvalue weighted by atomic mass is 10.1. The summed E-state index contributed by atoms with van der Waals surface area (Å²) in [6, 6.07) is 3.30. The van der Waals surface area contributed by atoms with Gasteiger partial charge < -0.3 is 4.74 Å². The summed E-state index contributed by atoms with van der Waals surface area (Å²) in [5.74, 6) is 0.555. The van der Waals surface area contributed by atoms with E-state index in [0.717, 1.165) is 17.7 Å². The van der Waals surface area contributed by atoms with Crippen molar-refractivity contribution in [3.63, 3.8) is 0 Å². The van der Waals surface area contributed by atoms with Gasteiger partial charge in [-0.05, 0) is 11.6 Å². The molecule has 0 fully saturated rings. The van der Waals surface area contributed by atoms with Crippen molar-refractivity contribution >= 4 is 15.9 Å². The van der Waals surface area contributed by atoms with Crippen LogP contribution in [0.4, 0.5) is 4.39 Å². The van der Waals surface area contributed by atoms with Gasteiger partial charge in [-0.25, -0.2) is 4.39 Å². The van der Waals surface area contributed by atoms with Crippen molar-refractivity contribution in [2.75, 3.05) is 6.61 Å². The molecule has 0 aliphatic carbocycles. The summed E-state index contributed by atoms with van der Waals surface area (Å²) in [5.41, 5.74) is 1.76. The molecule has 0 N–H and O–H groups in total. The largest absolute Gasteiger partial charge is 0.493 e. The number of hydrogen-bond donors (Lipinski definition) is 0. The van der Waals surface area contributed by atoms with Gasteiger partial charge in [0.05, 0.1) is 6.61 Å². The first-order chi connectivity index (χ1) is 5.83. The summed E-state index contributed by atoms with van der Waals surface area (Å²) >= 11 is 3.24. The highest BCUT2D eigenvalue weighted by Gasteiger charge is 2.18. The van der Waals surface area contributed by atoms with Gasteiger partial charge in [0.15, 0.2) is 0 Å². The second-order valence-corrected chi connectivity index (χ2v) is 3.31. The molecule has 0 amide bonds. The number of halogens is 2. The normalized spacial score (nSPS) is 14.2. The maximum atomic E-state index is 13.1. The van der Waals surface area contributed by atoms with Crippen LogP contribution in [-0.4, -0.2) is 6.61 Å². The van der Waals surface area contributed by atoms with Crippen molar-refractivity contribution in [2.24, 2.45) is 0 Å². The van der Waals surface area contributed by atoms with Gasteiger partial charge in [-0.3, -0.25) is 0 Å². The summed E-state index contributed by atoms with van der Waals surface area (Å²) < 4.78 is 18.5. The third-order valence-corrected chi connectivity index (χ3v) is 2.60. The van der Waals surface area contributed by atoms with Gasteiger partial charge in [0, 0.05) is 17.3 Å². The average molecular weight is 231 g/mol. The van der Waals surface area contributed by atoms with Crippen molar-refractivity contribution in [1.82, 2.24) is 0 Å². The number of alkyl halides is 1. The van der Waals surface area contributed by atoms with E-state index >= 15 is 0 Å². The van der Waals surface area contributed by atoms with Crippen LogP contribution < -0.4 is 4.74 Å². The van der Waals surface area contributed by atoms with E-state index < -0.39 is 0 Å². The van der Waals surface area contributed by atoms with Crippen LogP contribution in [0.2, 0.25) is 0 Å². The molecule has 0 saturated carbocycles. The van der Waals surface area contributed by atoms with Crippen LogP contribution in [0.25, 0.3) is 0 Å². The highest BCUT2D eigenvalue weighted by Crippen LogP contribution is 2.32. The Bertz CT molecular complexity index is 312. The number of hydrogen-bond acceptors (Lipinski definition) is 1. The first-order valence-electron chi connectivity index (χ1n) is 3.82. The van der Waals surface area contributed by atoms with Crippen molar-refractivity contribution in [1.29, 1.82) is 0 Å². The van der Waals surface area contributed by atoms with Crippen molar-refractivity contribution < 1.29 is 9.13 Å². The third-order valence-electron chi connectivity index (χ3n) is 2.04. The van der Waals surface area contributed by atoms with Crippen LogP contribution in [0.1, 0.15) is 11.1 Å². The molecule has 1 aliphatic heterocycles. The Balaban J connectivity index is 2.57. The highest BCUT2D eigenvalue weighted by atomic mass is 79.9. The van der Waals surface area contributed by atoms with E-state index in [1.165, 1.54) is 6.07 Å². The van der Waals surface area contributed by atoms with Crippen molar-refractivity contribution in [2.45, 2.75) is 11.8 Å². The average Bonchev–Trinajstić information content (AvgIpc) is 2.52. The topological polar surface area (TPSA) is 9.23 Å². The maximum Gasteiger partial charge on any atom is 0.130 e. The first-order valence-corrected chi connectivity index (χ1v) is 4.94. The molecule has 1 aliphatic rings. The second kappa shape index (κ2) is 3.05. The summed E-state index contributed by atoms with van der Waals surface area (Å²) in [6.07, 6.45) is 0.898. The zero-order chi connectivity index (χ0) is 8.55. The number of fused-ring (bicyclic) bond motifs is 1. The number of benzene rings is 1. The quantitative estimate of drug-likeness (QED) is 0.675. The second-order valence-electron chi connectivity index (χ2n) is 2.75. The summed E-state index contributed by atoms with van der Waals surface area (Å²) in [4.78, 5) is 0. The third kappa shape index (κ3) is 1.12. The van der Waals surface area contributed by atoms with E-state index in [4.69, 9.17) is 4.74 Å². The molecule has 0 aromatic heterocycles. The highest BCUT2D eigenvalue weighted by molar-refractivity contribution is 9.08. The Kier molecular flexibility index (Phi) is 2.05. The smallest absolute Gasteiger partial charge is 0.130 e. The number of rotatable bonds is 1. The maximum absolute atomic E-state index is 13.1. The minimum atomic E-state index is -0.187. The molecule has 12 heavy (non-hydrogen) atoms. The molecule has 1 aromatic rings. The van der Waals surface area contributed by atoms with E-state index in [0.29, 0.717) is 17.5 Å². The van der Waals surface area contributed by atoms with Gasteiger partial charge in [-0.2, -0.15) is 0 Å². The van der Waals surface area contributed by atoms with Crippen LogP contribution in [-0.2, 0) is 11.8 Å². The minimum Gasteiger partial charge on any atom is -0.493 e. The molecule has 0 atom stereocenters. The molecule has 3 heteroatoms. The molecule has 0 unspecified atom stereocenters. The molecule has 1 heterocycles. The number of ether oxygens (including phenoxy) is 1. The molecule has 0 bridgehead atoms. The zero-order valence-corrected chi connectivity index (χ0v) is 8.03. The fourth-order valence-corrected chi connectivity index (χ4v) is 1.94. The van der Waals surface area contributed by atoms with E-state index in [2.05, 4.69) is 15.9 Å². The summed E-state index contributed by atoms with van der Waals surface area (Å²) in [7, 11) is 0. The molecule has 2 rings (SSSR count). The minimum absolute atomic E-state index is 0.187. The Hall–Kier alpha value is -0.570. The van der Waals surface area contributed by atoms with Crippen LogP contribution in [0.5, 0.6) is 5.75 Å². The Labute approximate surface area is 78.7 Å². The Morgan fingerprint density at radius 3 is 3.08 bits per heavy atom. The monoisotopic (exact) mass is 230 g/mol. The van der Waals surface area contributed by atoms with E-state index in [1.807, 2.05) is 0 Å². The van der Waals surface area contributed by atoms with Gasteiger partial charge in [0.2, 0.25) is 0 Å². The lowest BCUT2D eigenvalue weighted by molar-refractivity contribution is 0.352. The van der Waals surface area contributed by atoms with Gasteiger partial charge in [0.25, 0.3) is 0 Å². The van der Waals surface area contributed by atoms with Gasteiger partial charge in [0.1, 0.15) is 11.6 Å². The van der Waals surface area contributed by atoms with E-state index in [1.54, 1.807) is 6.07 Å². The molecule has 0 spiro atoms. The molecule has 1 aromatic carbocycles. The molecule has 0 saturated heterocycles. The summed E-state index contributed by atoms with van der Waals surface area (Å²) in [6.45, 7) is 0.679. The lowest BCUT2D eigenvalue weighted by Crippen LogP contribution is -1.92. The Morgan fingerprint density at radius 1 is 1.50 bits per heavy atom. The predicted molar refractivity (Wildman–Crippen MR) is 48.2 cm³/mol. The van der Waals surface area contributed by atoms with Crippen molar-refractivity contribution in [3.05, 3.63) is 29.1 Å². The van der Waals surface area contributed by atoms with E-state index in [9.17, 15) is 4.39 Å². The van der Waals surface area contributed by atoms with Gasteiger partial charge >= 0.3 is 0 Å². The van der Waals surface area contributed by atoms with Crippen LogP contribution in [0, 0.1) is 5.82 Å². The Morgan fingerprint density at radius 2 is 2.33 bits per heavy atom. The van der Waals surface area contributed by atoms with Crippen LogP contribution in [0.3, 0.4) is 0 Å². The summed E-state index contributed by atoms with van der Waals surface area (Å²) in [5, 5.41) is 0.516. The SMILES string of the molecule is Fc1ccc2c(c1CBr)OCC2. The van der Waals surface area contributed by atoms with Gasteiger partial charge in [-0.15, -0.1) is 0 Å². The van der Waals surface area contributed by atoms with E-state index in [-0.39, 0.29) is 5.82 Å². The molecule has 64 valence electrons. The van der Waals surface area contributed by atoms with Gasteiger partial charge in [-0.1, -0.05) is 22.0 Å².